The lowest BCUT2D eigenvalue weighted by atomic mass is 9.52. The molecule has 0 aliphatic heterocycles. The summed E-state index contributed by atoms with van der Waals surface area (Å²) in [6.07, 6.45) is 0.0844. The number of amides is 1. The van der Waals surface area contributed by atoms with Gasteiger partial charge >= 0.3 is 5.97 Å². The van der Waals surface area contributed by atoms with Crippen molar-refractivity contribution in [3.63, 3.8) is 0 Å². The Morgan fingerprint density at radius 1 is 1.00 bits per heavy atom. The molecular weight excluding hydrogens is 546 g/mol. The van der Waals surface area contributed by atoms with Crippen LogP contribution in [0.5, 0.6) is 5.75 Å². The highest BCUT2D eigenvalue weighted by Crippen LogP contribution is 2.53. The predicted octanol–water partition coefficient (Wildman–Crippen LogP) is 0.298. The molecule has 0 bridgehead atoms. The molecule has 5 rings (SSSR count). The first-order valence-corrected chi connectivity index (χ1v) is 13.4. The summed E-state index contributed by atoms with van der Waals surface area (Å²) in [4.78, 5) is 81.5. The first-order valence-electron chi connectivity index (χ1n) is 13.4. The van der Waals surface area contributed by atoms with Crippen molar-refractivity contribution >= 4 is 40.7 Å². The van der Waals surface area contributed by atoms with Crippen LogP contribution in [0.1, 0.15) is 32.7 Å². The summed E-state index contributed by atoms with van der Waals surface area (Å²) in [6.45, 7) is 0. The van der Waals surface area contributed by atoms with E-state index < -0.39 is 76.1 Å². The smallest absolute Gasteiger partial charge is 0.335 e. The summed E-state index contributed by atoms with van der Waals surface area (Å²) in [6, 6.07) is 6.19. The highest BCUT2D eigenvalue weighted by atomic mass is 16.4. The summed E-state index contributed by atoms with van der Waals surface area (Å²) in [7, 11) is 6.55. The van der Waals surface area contributed by atoms with Crippen LogP contribution in [-0.4, -0.2) is 95.1 Å². The number of rotatable bonds is 5. The fraction of sp³-hybridized carbons (Fsp3) is 0.400. The Morgan fingerprint density at radius 2 is 1.62 bits per heavy atom. The number of hydrogen-bond donors (Lipinski definition) is 4. The van der Waals surface area contributed by atoms with E-state index >= 15 is 0 Å². The third-order valence-electron chi connectivity index (χ3n) is 8.96. The molecule has 2 aromatic carbocycles. The number of carbonyl (C=O) groups excluding carboxylic acids is 5. The molecule has 2 aromatic rings. The number of likely N-dealkylation sites (N-methyl/N-ethyl adjacent to an activating group) is 1. The van der Waals surface area contributed by atoms with Gasteiger partial charge in [0.15, 0.2) is 34.7 Å². The van der Waals surface area contributed by atoms with E-state index in [0.717, 1.165) is 0 Å². The number of Topliss-reactive ketones (excluding diaryl/α,β-unsaturated/α-hetero) is 4. The average Bonchev–Trinajstić information content (AvgIpc) is 2.90. The molecule has 2 fully saturated rings. The van der Waals surface area contributed by atoms with Gasteiger partial charge in [-0.3, -0.25) is 28.9 Å². The quantitative estimate of drug-likeness (QED) is 0.357. The number of nitrogens with zero attached hydrogens (tertiary/aromatic N) is 2. The number of benzene rings is 2. The number of aliphatic hydroxyl groups is 1. The maximum Gasteiger partial charge on any atom is 0.335 e. The van der Waals surface area contributed by atoms with Gasteiger partial charge in [0.25, 0.3) is 0 Å². The van der Waals surface area contributed by atoms with Gasteiger partial charge in [0.1, 0.15) is 5.75 Å². The van der Waals surface area contributed by atoms with Crippen molar-refractivity contribution in [2.24, 2.45) is 29.4 Å². The Labute approximate surface area is 240 Å². The van der Waals surface area contributed by atoms with E-state index in [-0.39, 0.29) is 29.5 Å². The number of phenolic OH excluding ortho intramolecular Hbond substituents is 1. The number of anilines is 1. The lowest BCUT2D eigenvalue weighted by molar-refractivity contribution is -0.181. The maximum absolute atomic E-state index is 14.1. The third kappa shape index (κ3) is 3.97. The molecule has 0 aromatic heterocycles. The monoisotopic (exact) mass is 577 g/mol. The Bertz CT molecular complexity index is 1580. The molecule has 6 atom stereocenters. The Balaban J connectivity index is 1.67. The molecule has 5 N–H and O–H groups in total. The second kappa shape index (κ2) is 9.85. The van der Waals surface area contributed by atoms with Gasteiger partial charge in [-0.15, -0.1) is 0 Å². The van der Waals surface area contributed by atoms with E-state index in [0.29, 0.717) is 16.8 Å². The molecule has 3 aliphatic rings. The lowest BCUT2D eigenvalue weighted by Crippen LogP contribution is -2.74. The van der Waals surface area contributed by atoms with Crippen molar-refractivity contribution in [2.75, 3.05) is 33.1 Å². The number of carboxylic acids is 1. The number of phenols is 1. The molecule has 0 radical (unpaired) electrons. The zero-order chi connectivity index (χ0) is 31.0. The van der Waals surface area contributed by atoms with Crippen molar-refractivity contribution in [3.05, 3.63) is 47.0 Å². The largest absolute Gasteiger partial charge is 0.507 e. The van der Waals surface area contributed by atoms with Crippen molar-refractivity contribution in [1.29, 1.82) is 0 Å². The van der Waals surface area contributed by atoms with Gasteiger partial charge < -0.3 is 26.0 Å². The minimum Gasteiger partial charge on any atom is -0.507 e. The van der Waals surface area contributed by atoms with E-state index in [1.807, 2.05) is 0 Å². The van der Waals surface area contributed by atoms with Gasteiger partial charge in [-0.2, -0.15) is 0 Å². The third-order valence-corrected chi connectivity index (χ3v) is 8.96. The van der Waals surface area contributed by atoms with E-state index in [9.17, 15) is 44.1 Å². The molecule has 0 spiro atoms. The second-order valence-corrected chi connectivity index (χ2v) is 11.7. The van der Waals surface area contributed by atoms with Crippen molar-refractivity contribution in [1.82, 2.24) is 4.90 Å². The fourth-order valence-corrected chi connectivity index (χ4v) is 7.06. The summed E-state index contributed by atoms with van der Waals surface area (Å²) in [5, 5.41) is 32.4. The molecule has 2 saturated carbocycles. The Morgan fingerprint density at radius 3 is 2.14 bits per heavy atom. The van der Waals surface area contributed by atoms with Gasteiger partial charge in [0.05, 0.1) is 23.1 Å². The molecule has 3 aliphatic carbocycles. The van der Waals surface area contributed by atoms with E-state index in [2.05, 4.69) is 0 Å². The van der Waals surface area contributed by atoms with Crippen molar-refractivity contribution in [2.45, 2.75) is 24.5 Å². The predicted molar refractivity (Wildman–Crippen MR) is 148 cm³/mol. The number of fused-ring (bicyclic) bond motifs is 3. The Hall–Kier alpha value is -4.42. The molecule has 0 heterocycles. The molecule has 12 nitrogen and oxygen atoms in total. The van der Waals surface area contributed by atoms with Crippen LogP contribution >= 0.6 is 0 Å². The van der Waals surface area contributed by atoms with E-state index in [1.165, 1.54) is 43.3 Å². The topological polar surface area (TPSA) is 196 Å². The van der Waals surface area contributed by atoms with Crippen LogP contribution in [0.4, 0.5) is 5.69 Å². The standard InChI is InChI=1S/C30H31N3O9/c1-32(2)18-11-15(12-5-7-13(8-6-12)29(40)41)23(34)20-16(18)9-14-10-17-22(33(3)4)25(36)21(28(31)39)27(38)30(17,42)26(37)19(14)24(20)35/h5-8,11,14,17,19,21-22,34,42H,9-10H2,1-4H3,(H2,31,39)(H,40,41). The first-order chi connectivity index (χ1) is 19.6. The summed E-state index contributed by atoms with van der Waals surface area (Å²) < 4.78 is 0. The molecule has 220 valence electrons. The number of primary amides is 1. The average molecular weight is 578 g/mol. The lowest BCUT2D eigenvalue weighted by Gasteiger charge is -2.52. The normalized spacial score (nSPS) is 28.7. The molecule has 12 heteroatoms. The minimum absolute atomic E-state index is 0.0273. The zero-order valence-corrected chi connectivity index (χ0v) is 23.5. The molecular formula is C30H31N3O9. The first kappa shape index (κ1) is 29.1. The van der Waals surface area contributed by atoms with Crippen LogP contribution in [0.15, 0.2) is 30.3 Å². The van der Waals surface area contributed by atoms with Crippen LogP contribution in [0.25, 0.3) is 11.1 Å². The number of carboxylic acid groups (broad SMARTS) is 1. The van der Waals surface area contributed by atoms with Gasteiger partial charge in [-0.1, -0.05) is 12.1 Å². The van der Waals surface area contributed by atoms with E-state index in [1.54, 1.807) is 25.1 Å². The van der Waals surface area contributed by atoms with Crippen LogP contribution < -0.4 is 10.6 Å². The highest BCUT2D eigenvalue weighted by Gasteiger charge is 2.69. The number of nitrogens with two attached hydrogens (primary N) is 1. The molecule has 0 saturated heterocycles. The van der Waals surface area contributed by atoms with E-state index in [4.69, 9.17) is 5.73 Å². The van der Waals surface area contributed by atoms with Crippen LogP contribution in [0.3, 0.4) is 0 Å². The van der Waals surface area contributed by atoms with Crippen LogP contribution in [0, 0.1) is 23.7 Å². The number of aromatic hydroxyl groups is 1. The van der Waals surface area contributed by atoms with Crippen LogP contribution in [0.2, 0.25) is 0 Å². The second-order valence-electron chi connectivity index (χ2n) is 11.7. The van der Waals surface area contributed by atoms with Crippen molar-refractivity contribution < 1.29 is 44.1 Å². The van der Waals surface area contributed by atoms with Crippen LogP contribution in [-0.2, 0) is 25.6 Å². The summed E-state index contributed by atoms with van der Waals surface area (Å²) in [5.74, 6) is -12.3. The van der Waals surface area contributed by atoms with Gasteiger partial charge in [-0.05, 0) is 62.2 Å². The molecule has 6 unspecified atom stereocenters. The SMILES string of the molecule is CN(C)c1cc(-c2ccc(C(=O)O)cc2)c(O)c2c1CC1CC3C(N(C)C)C(=O)C(C(N)=O)C(=O)C3(O)C(=O)C1C2=O. The fourth-order valence-electron chi connectivity index (χ4n) is 7.06. The van der Waals surface area contributed by atoms with Gasteiger partial charge in [-0.25, -0.2) is 4.79 Å². The number of carbonyl (C=O) groups is 6. The molecule has 42 heavy (non-hydrogen) atoms. The van der Waals surface area contributed by atoms with Gasteiger partial charge in [0.2, 0.25) is 5.91 Å². The summed E-state index contributed by atoms with van der Waals surface area (Å²) >= 11 is 0. The zero-order valence-electron chi connectivity index (χ0n) is 23.5. The Kier molecular flexibility index (Phi) is 6.82. The summed E-state index contributed by atoms with van der Waals surface area (Å²) in [5.41, 5.74) is 4.15. The number of aromatic carboxylic acids is 1. The van der Waals surface area contributed by atoms with Gasteiger partial charge in [0, 0.05) is 31.3 Å². The minimum atomic E-state index is -2.80. The number of ketones is 4. The maximum atomic E-state index is 14.1. The highest BCUT2D eigenvalue weighted by molar-refractivity contribution is 6.32. The number of hydrogen-bond acceptors (Lipinski definition) is 10. The van der Waals surface area contributed by atoms with Crippen molar-refractivity contribution in [3.8, 4) is 16.9 Å². The molecule has 1 amide bonds.